The Hall–Kier alpha value is -2.00. The second-order valence-electron chi connectivity index (χ2n) is 5.61. The van der Waals surface area contributed by atoms with E-state index in [-0.39, 0.29) is 36.0 Å². The lowest BCUT2D eigenvalue weighted by Gasteiger charge is -2.19. The molecule has 0 saturated carbocycles. The van der Waals surface area contributed by atoms with E-state index in [0.717, 1.165) is 5.56 Å². The summed E-state index contributed by atoms with van der Waals surface area (Å²) in [5, 5.41) is 16.3. The Morgan fingerprint density at radius 3 is 2.59 bits per heavy atom. The number of nitro groups is 1. The maximum absolute atomic E-state index is 12.2. The minimum atomic E-state index is -3.69. The molecule has 1 aromatic carbocycles. The Kier molecular flexibility index (Phi) is 4.21. The number of hydrogen-bond acceptors (Lipinski definition) is 5. The molecule has 22 heavy (non-hydrogen) atoms. The fourth-order valence-corrected chi connectivity index (χ4v) is 3.75. The van der Waals surface area contributed by atoms with Crippen LogP contribution in [0.2, 0.25) is 0 Å². The first kappa shape index (κ1) is 16.4. The van der Waals surface area contributed by atoms with Crippen molar-refractivity contribution in [1.82, 2.24) is 0 Å². The second-order valence-corrected chi connectivity index (χ2v) is 7.27. The SMILES string of the molecule is Cc1cc(C)c(N2CC(CS(N)(=O)=O)CC2=O)c([N+](=O)[O-])c1. The van der Waals surface area contributed by atoms with E-state index in [1.54, 1.807) is 19.9 Å². The standard InChI is InChI=1S/C13H17N3O5S/c1-8-3-9(2)13(11(4-8)16(18)19)15-6-10(5-12(15)17)7-22(14,20)21/h3-4,10H,5-7H2,1-2H3,(H2,14,20,21). The van der Waals surface area contributed by atoms with Crippen LogP contribution in [0.3, 0.4) is 0 Å². The third kappa shape index (κ3) is 3.42. The molecule has 0 bridgehead atoms. The van der Waals surface area contributed by atoms with E-state index in [2.05, 4.69) is 0 Å². The molecule has 2 rings (SSSR count). The van der Waals surface area contributed by atoms with Gasteiger partial charge in [0, 0.05) is 24.9 Å². The van der Waals surface area contributed by atoms with Gasteiger partial charge in [-0.15, -0.1) is 0 Å². The Morgan fingerprint density at radius 2 is 2.05 bits per heavy atom. The molecule has 0 spiro atoms. The predicted molar refractivity (Wildman–Crippen MR) is 81.0 cm³/mol. The summed E-state index contributed by atoms with van der Waals surface area (Å²) in [6.45, 7) is 3.54. The maximum atomic E-state index is 12.2. The number of carbonyl (C=O) groups excluding carboxylic acids is 1. The van der Waals surface area contributed by atoms with Gasteiger partial charge in [0.2, 0.25) is 15.9 Å². The number of nitrogens with two attached hydrogens (primary N) is 1. The van der Waals surface area contributed by atoms with Gasteiger partial charge in [-0.2, -0.15) is 0 Å². The molecule has 9 heteroatoms. The van der Waals surface area contributed by atoms with Crippen molar-refractivity contribution in [2.45, 2.75) is 20.3 Å². The molecule has 0 aromatic heterocycles. The normalized spacial score (nSPS) is 18.8. The van der Waals surface area contributed by atoms with Crippen LogP contribution >= 0.6 is 0 Å². The molecule has 0 radical (unpaired) electrons. The minimum Gasteiger partial charge on any atom is -0.306 e. The van der Waals surface area contributed by atoms with Crippen LogP contribution in [0.25, 0.3) is 0 Å². The highest BCUT2D eigenvalue weighted by Crippen LogP contribution is 2.36. The fraction of sp³-hybridized carbons (Fsp3) is 0.462. The number of amides is 1. The van der Waals surface area contributed by atoms with Crippen LogP contribution in [0.4, 0.5) is 11.4 Å². The molecule has 1 atom stereocenters. The highest BCUT2D eigenvalue weighted by molar-refractivity contribution is 7.89. The fourth-order valence-electron chi connectivity index (χ4n) is 2.87. The van der Waals surface area contributed by atoms with E-state index in [4.69, 9.17) is 5.14 Å². The Bertz CT molecular complexity index is 744. The van der Waals surface area contributed by atoms with Crippen molar-refractivity contribution in [2.24, 2.45) is 11.1 Å². The van der Waals surface area contributed by atoms with Crippen molar-refractivity contribution in [2.75, 3.05) is 17.2 Å². The zero-order valence-electron chi connectivity index (χ0n) is 12.3. The molecule has 1 amide bonds. The largest absolute Gasteiger partial charge is 0.306 e. The molecule has 1 aromatic rings. The summed E-state index contributed by atoms with van der Waals surface area (Å²) in [7, 11) is -3.69. The Labute approximate surface area is 128 Å². The first-order valence-corrected chi connectivity index (χ1v) is 8.36. The molecule has 8 nitrogen and oxygen atoms in total. The van der Waals surface area contributed by atoms with Gasteiger partial charge >= 0.3 is 0 Å². The van der Waals surface area contributed by atoms with Crippen LogP contribution in [0.5, 0.6) is 0 Å². The van der Waals surface area contributed by atoms with Crippen LogP contribution in [0.15, 0.2) is 12.1 Å². The zero-order chi connectivity index (χ0) is 16.7. The number of hydrogen-bond donors (Lipinski definition) is 1. The van der Waals surface area contributed by atoms with Gasteiger partial charge in [-0.1, -0.05) is 6.07 Å². The van der Waals surface area contributed by atoms with E-state index in [9.17, 15) is 23.3 Å². The van der Waals surface area contributed by atoms with E-state index >= 15 is 0 Å². The molecule has 1 aliphatic rings. The van der Waals surface area contributed by atoms with Crippen LogP contribution in [0, 0.1) is 29.9 Å². The molecule has 1 unspecified atom stereocenters. The lowest BCUT2D eigenvalue weighted by atomic mass is 10.1. The van der Waals surface area contributed by atoms with Crippen LogP contribution in [-0.4, -0.2) is 31.5 Å². The molecule has 2 N–H and O–H groups in total. The summed E-state index contributed by atoms with van der Waals surface area (Å²) in [6, 6.07) is 3.16. The summed E-state index contributed by atoms with van der Waals surface area (Å²) in [4.78, 5) is 24.2. The summed E-state index contributed by atoms with van der Waals surface area (Å²) in [6.07, 6.45) is 0.0148. The number of nitro benzene ring substituents is 1. The topological polar surface area (TPSA) is 124 Å². The van der Waals surface area contributed by atoms with E-state index < -0.39 is 20.9 Å². The number of sulfonamides is 1. The van der Waals surface area contributed by atoms with Gasteiger partial charge in [-0.25, -0.2) is 13.6 Å². The first-order valence-electron chi connectivity index (χ1n) is 6.65. The molecule has 0 aliphatic carbocycles. The van der Waals surface area contributed by atoms with Crippen LogP contribution in [0.1, 0.15) is 17.5 Å². The summed E-state index contributed by atoms with van der Waals surface area (Å²) in [5.74, 6) is -1.10. The quantitative estimate of drug-likeness (QED) is 0.648. The van der Waals surface area contributed by atoms with E-state index in [1.165, 1.54) is 11.0 Å². The summed E-state index contributed by atoms with van der Waals surface area (Å²) < 4.78 is 22.3. The minimum absolute atomic E-state index is 0.0148. The number of benzene rings is 1. The summed E-state index contributed by atoms with van der Waals surface area (Å²) >= 11 is 0. The van der Waals surface area contributed by atoms with Crippen molar-refractivity contribution < 1.29 is 18.1 Å². The second kappa shape index (κ2) is 5.65. The van der Waals surface area contributed by atoms with Gasteiger partial charge in [-0.3, -0.25) is 14.9 Å². The molecule has 1 saturated heterocycles. The van der Waals surface area contributed by atoms with E-state index in [1.807, 2.05) is 0 Å². The van der Waals surface area contributed by atoms with E-state index in [0.29, 0.717) is 5.56 Å². The van der Waals surface area contributed by atoms with Gasteiger partial charge in [0.25, 0.3) is 5.69 Å². The van der Waals surface area contributed by atoms with Gasteiger partial charge < -0.3 is 4.90 Å². The van der Waals surface area contributed by atoms with Gasteiger partial charge in [0.05, 0.1) is 10.7 Å². The lowest BCUT2D eigenvalue weighted by molar-refractivity contribution is -0.384. The number of rotatable bonds is 4. The average Bonchev–Trinajstić information content (AvgIpc) is 2.66. The Balaban J connectivity index is 2.40. The lowest BCUT2D eigenvalue weighted by Crippen LogP contribution is -2.28. The van der Waals surface area contributed by atoms with Crippen LogP contribution in [-0.2, 0) is 14.8 Å². The van der Waals surface area contributed by atoms with Crippen molar-refractivity contribution in [3.63, 3.8) is 0 Å². The predicted octanol–water partition coefficient (Wildman–Crippen LogP) is 0.853. The monoisotopic (exact) mass is 327 g/mol. The summed E-state index contributed by atoms with van der Waals surface area (Å²) in [5.41, 5.74) is 1.41. The maximum Gasteiger partial charge on any atom is 0.293 e. The highest BCUT2D eigenvalue weighted by Gasteiger charge is 2.36. The van der Waals surface area contributed by atoms with Crippen molar-refractivity contribution >= 4 is 27.3 Å². The van der Waals surface area contributed by atoms with Crippen molar-refractivity contribution in [3.8, 4) is 0 Å². The molecular formula is C13H17N3O5S. The third-order valence-electron chi connectivity index (χ3n) is 3.56. The smallest absolute Gasteiger partial charge is 0.293 e. The van der Waals surface area contributed by atoms with Gasteiger partial charge in [-0.05, 0) is 25.0 Å². The van der Waals surface area contributed by atoms with Gasteiger partial charge in [0.15, 0.2) is 0 Å². The molecule has 1 heterocycles. The highest BCUT2D eigenvalue weighted by atomic mass is 32.2. The molecule has 1 fully saturated rings. The molecule has 1 aliphatic heterocycles. The van der Waals surface area contributed by atoms with Crippen molar-refractivity contribution in [1.29, 1.82) is 0 Å². The number of carbonyl (C=O) groups is 1. The molecule has 120 valence electrons. The number of aryl methyl sites for hydroxylation is 2. The number of anilines is 1. The number of nitrogens with zero attached hydrogens (tertiary/aromatic N) is 2. The average molecular weight is 327 g/mol. The third-order valence-corrected chi connectivity index (χ3v) is 4.50. The van der Waals surface area contributed by atoms with Crippen molar-refractivity contribution in [3.05, 3.63) is 33.4 Å². The first-order chi connectivity index (χ1) is 10.1. The molecular weight excluding hydrogens is 310 g/mol. The number of primary sulfonamides is 1. The van der Waals surface area contributed by atoms with Gasteiger partial charge in [0.1, 0.15) is 5.69 Å². The zero-order valence-corrected chi connectivity index (χ0v) is 13.1. The Morgan fingerprint density at radius 1 is 1.41 bits per heavy atom. The van der Waals surface area contributed by atoms with Crippen LogP contribution < -0.4 is 10.0 Å².